The first-order valence-corrected chi connectivity index (χ1v) is 8.13. The summed E-state index contributed by atoms with van der Waals surface area (Å²) in [6.45, 7) is 2.42. The third kappa shape index (κ3) is 3.14. The number of hydrogen-bond acceptors (Lipinski definition) is 3. The van der Waals surface area contributed by atoms with Crippen LogP contribution in [0.15, 0.2) is 46.9 Å². The molecule has 0 saturated heterocycles. The largest absolute Gasteiger partial charge is 0.346 e. The smallest absolute Gasteiger partial charge is 0.251 e. The Hall–Kier alpha value is -1.72. The molecule has 0 aliphatic rings. The number of hydrogen-bond donors (Lipinski definition) is 1. The molecule has 0 radical (unpaired) electrons. The van der Waals surface area contributed by atoms with Gasteiger partial charge in [-0.05, 0) is 42.8 Å². The lowest BCUT2D eigenvalue weighted by molar-refractivity contribution is 0.0951. The summed E-state index contributed by atoms with van der Waals surface area (Å²) < 4.78 is 2.14. The first-order valence-electron chi connectivity index (χ1n) is 6.52. The number of nitrogens with zero attached hydrogens (tertiary/aromatic N) is 1. The Morgan fingerprint density at radius 1 is 1.29 bits per heavy atom. The van der Waals surface area contributed by atoms with Crippen LogP contribution in [0.5, 0.6) is 0 Å². The Morgan fingerprint density at radius 2 is 2.10 bits per heavy atom. The van der Waals surface area contributed by atoms with Crippen molar-refractivity contribution >= 4 is 43.4 Å². The molecule has 3 aromatic rings. The topological polar surface area (TPSA) is 42.0 Å². The highest BCUT2D eigenvalue weighted by Gasteiger charge is 2.09. The van der Waals surface area contributed by atoms with Gasteiger partial charge in [-0.1, -0.05) is 28.1 Å². The number of aryl methyl sites for hydroxylation is 1. The van der Waals surface area contributed by atoms with E-state index in [1.165, 1.54) is 0 Å². The van der Waals surface area contributed by atoms with Crippen molar-refractivity contribution in [3.8, 4) is 0 Å². The summed E-state index contributed by atoms with van der Waals surface area (Å²) in [5, 5.41) is 3.83. The molecule has 0 aliphatic carbocycles. The molecule has 3 nitrogen and oxygen atoms in total. The summed E-state index contributed by atoms with van der Waals surface area (Å²) in [6.07, 6.45) is 0. The van der Waals surface area contributed by atoms with E-state index in [4.69, 9.17) is 0 Å². The average Bonchev–Trinajstić information content (AvgIpc) is 2.90. The zero-order chi connectivity index (χ0) is 14.8. The minimum absolute atomic E-state index is 0.0788. The molecular formula is C16H13BrN2OS. The quantitative estimate of drug-likeness (QED) is 0.756. The monoisotopic (exact) mass is 360 g/mol. The molecule has 0 unspecified atom stereocenters. The molecule has 1 amide bonds. The number of rotatable bonds is 3. The van der Waals surface area contributed by atoms with E-state index in [2.05, 4.69) is 26.2 Å². The molecule has 0 atom stereocenters. The molecule has 0 spiro atoms. The summed E-state index contributed by atoms with van der Waals surface area (Å²) >= 11 is 5.04. The number of benzene rings is 2. The Kier molecular flexibility index (Phi) is 4.03. The summed E-state index contributed by atoms with van der Waals surface area (Å²) in [7, 11) is 0. The van der Waals surface area contributed by atoms with Gasteiger partial charge >= 0.3 is 0 Å². The molecule has 106 valence electrons. The van der Waals surface area contributed by atoms with Crippen LogP contribution < -0.4 is 5.32 Å². The third-order valence-electron chi connectivity index (χ3n) is 3.16. The molecule has 2 aromatic carbocycles. The number of aromatic nitrogens is 1. The molecule has 0 saturated carbocycles. The van der Waals surface area contributed by atoms with E-state index in [-0.39, 0.29) is 5.91 Å². The maximum atomic E-state index is 12.1. The van der Waals surface area contributed by atoms with E-state index in [0.717, 1.165) is 25.3 Å². The number of carbonyl (C=O) groups is 1. The van der Waals surface area contributed by atoms with Gasteiger partial charge in [0, 0.05) is 10.0 Å². The maximum Gasteiger partial charge on any atom is 0.251 e. The molecule has 0 fully saturated rings. The fourth-order valence-corrected chi connectivity index (χ4v) is 3.19. The third-order valence-corrected chi connectivity index (χ3v) is 5.08. The highest BCUT2D eigenvalue weighted by molar-refractivity contribution is 9.10. The molecule has 1 heterocycles. The number of amides is 1. The van der Waals surface area contributed by atoms with Crippen LogP contribution in [-0.4, -0.2) is 10.9 Å². The van der Waals surface area contributed by atoms with Crippen LogP contribution in [-0.2, 0) is 6.54 Å². The zero-order valence-electron chi connectivity index (χ0n) is 11.4. The van der Waals surface area contributed by atoms with Gasteiger partial charge < -0.3 is 5.32 Å². The van der Waals surface area contributed by atoms with Crippen molar-refractivity contribution in [1.29, 1.82) is 0 Å². The average molecular weight is 361 g/mol. The molecular weight excluding hydrogens is 348 g/mol. The van der Waals surface area contributed by atoms with Crippen molar-refractivity contribution in [3.05, 3.63) is 63.1 Å². The lowest BCUT2D eigenvalue weighted by atomic mass is 10.1. The summed E-state index contributed by atoms with van der Waals surface area (Å²) in [6, 6.07) is 13.6. The van der Waals surface area contributed by atoms with Crippen LogP contribution in [0, 0.1) is 6.92 Å². The van der Waals surface area contributed by atoms with Crippen LogP contribution in [0.3, 0.4) is 0 Å². The summed E-state index contributed by atoms with van der Waals surface area (Å²) in [5.74, 6) is -0.0788. The number of thiazole rings is 1. The van der Waals surface area contributed by atoms with Crippen LogP contribution in [0.4, 0.5) is 0 Å². The fraction of sp³-hybridized carbons (Fsp3) is 0.125. The van der Waals surface area contributed by atoms with Crippen LogP contribution in [0.25, 0.3) is 10.2 Å². The number of halogens is 1. The van der Waals surface area contributed by atoms with Gasteiger partial charge in [-0.15, -0.1) is 11.3 Å². The fourth-order valence-electron chi connectivity index (χ4n) is 2.04. The summed E-state index contributed by atoms with van der Waals surface area (Å²) in [4.78, 5) is 16.7. The van der Waals surface area contributed by atoms with Crippen LogP contribution in [0.1, 0.15) is 20.9 Å². The molecule has 0 bridgehead atoms. The van der Waals surface area contributed by atoms with E-state index < -0.39 is 0 Å². The van der Waals surface area contributed by atoms with Crippen molar-refractivity contribution in [1.82, 2.24) is 10.3 Å². The van der Waals surface area contributed by atoms with Gasteiger partial charge in [0.05, 0.1) is 16.8 Å². The van der Waals surface area contributed by atoms with E-state index in [1.807, 2.05) is 49.4 Å². The first-order chi connectivity index (χ1) is 10.1. The normalized spacial score (nSPS) is 10.8. The molecule has 1 aromatic heterocycles. The van der Waals surface area contributed by atoms with E-state index in [9.17, 15) is 4.79 Å². The van der Waals surface area contributed by atoms with Crippen LogP contribution >= 0.6 is 27.3 Å². The van der Waals surface area contributed by atoms with Gasteiger partial charge in [0.2, 0.25) is 0 Å². The second-order valence-electron chi connectivity index (χ2n) is 4.72. The minimum Gasteiger partial charge on any atom is -0.346 e. The molecule has 21 heavy (non-hydrogen) atoms. The lowest BCUT2D eigenvalue weighted by Crippen LogP contribution is -2.22. The second-order valence-corrected chi connectivity index (χ2v) is 6.69. The predicted octanol–water partition coefficient (Wildman–Crippen LogP) is 4.30. The Balaban J connectivity index is 1.71. The Labute approximate surface area is 135 Å². The second kappa shape index (κ2) is 5.95. The van der Waals surface area contributed by atoms with Crippen molar-refractivity contribution in [2.45, 2.75) is 13.5 Å². The number of nitrogens with one attached hydrogen (secondary N) is 1. The van der Waals surface area contributed by atoms with Gasteiger partial charge in [-0.3, -0.25) is 4.79 Å². The van der Waals surface area contributed by atoms with Crippen molar-refractivity contribution < 1.29 is 4.79 Å². The van der Waals surface area contributed by atoms with Crippen molar-refractivity contribution in [3.63, 3.8) is 0 Å². The highest BCUT2D eigenvalue weighted by atomic mass is 79.9. The standard InChI is InChI=1S/C16H13BrN2OS/c1-10-8-11(6-7-12(10)17)16(20)18-9-15-19-13-4-2-3-5-14(13)21-15/h2-8H,9H2,1H3,(H,18,20). The minimum atomic E-state index is -0.0788. The molecule has 5 heteroatoms. The van der Waals surface area contributed by atoms with Gasteiger partial charge in [-0.2, -0.15) is 0 Å². The van der Waals surface area contributed by atoms with Gasteiger partial charge in [-0.25, -0.2) is 4.98 Å². The summed E-state index contributed by atoms with van der Waals surface area (Å²) in [5.41, 5.74) is 2.69. The number of fused-ring (bicyclic) bond motifs is 1. The van der Waals surface area contributed by atoms with Gasteiger partial charge in [0.1, 0.15) is 5.01 Å². The zero-order valence-corrected chi connectivity index (χ0v) is 13.8. The van der Waals surface area contributed by atoms with E-state index in [1.54, 1.807) is 11.3 Å². The maximum absolute atomic E-state index is 12.1. The van der Waals surface area contributed by atoms with Gasteiger partial charge in [0.15, 0.2) is 0 Å². The van der Waals surface area contributed by atoms with Crippen LogP contribution in [0.2, 0.25) is 0 Å². The van der Waals surface area contributed by atoms with E-state index >= 15 is 0 Å². The molecule has 3 rings (SSSR count). The number of para-hydroxylation sites is 1. The molecule has 0 aliphatic heterocycles. The van der Waals surface area contributed by atoms with Crippen molar-refractivity contribution in [2.75, 3.05) is 0 Å². The van der Waals surface area contributed by atoms with Crippen molar-refractivity contribution in [2.24, 2.45) is 0 Å². The molecule has 1 N–H and O–H groups in total. The van der Waals surface area contributed by atoms with Gasteiger partial charge in [0.25, 0.3) is 5.91 Å². The Bertz CT molecular complexity index is 780. The lowest BCUT2D eigenvalue weighted by Gasteiger charge is -2.05. The SMILES string of the molecule is Cc1cc(C(=O)NCc2nc3ccccc3s2)ccc1Br. The number of carbonyl (C=O) groups excluding carboxylic acids is 1. The highest BCUT2D eigenvalue weighted by Crippen LogP contribution is 2.21. The predicted molar refractivity (Wildman–Crippen MR) is 89.7 cm³/mol. The van der Waals surface area contributed by atoms with E-state index in [0.29, 0.717) is 12.1 Å². The Morgan fingerprint density at radius 3 is 2.86 bits per heavy atom. The first kappa shape index (κ1) is 14.2.